The van der Waals surface area contributed by atoms with Gasteiger partial charge in [0.2, 0.25) is 0 Å². The SMILES string of the molecule is CCCC[NH2+]CCCCOc1ccccc1F. The third kappa shape index (κ3) is 6.27. The second-order valence-electron chi connectivity index (χ2n) is 4.21. The second kappa shape index (κ2) is 8.99. The third-order valence-electron chi connectivity index (χ3n) is 2.66. The van der Waals surface area contributed by atoms with Crippen molar-refractivity contribution < 1.29 is 14.4 Å². The van der Waals surface area contributed by atoms with Crippen LogP contribution >= 0.6 is 0 Å². The van der Waals surface area contributed by atoms with Gasteiger partial charge in [-0.05, 0) is 31.4 Å². The van der Waals surface area contributed by atoms with Crippen LogP contribution in [-0.4, -0.2) is 19.7 Å². The van der Waals surface area contributed by atoms with Crippen molar-refractivity contribution in [1.29, 1.82) is 0 Å². The van der Waals surface area contributed by atoms with Crippen LogP contribution in [0.25, 0.3) is 0 Å². The molecule has 0 atom stereocenters. The Morgan fingerprint density at radius 3 is 2.65 bits per heavy atom. The summed E-state index contributed by atoms with van der Waals surface area (Å²) in [4.78, 5) is 0. The lowest BCUT2D eigenvalue weighted by molar-refractivity contribution is -0.655. The Hall–Kier alpha value is -1.09. The predicted molar refractivity (Wildman–Crippen MR) is 67.7 cm³/mol. The Balaban J connectivity index is 1.99. The van der Waals surface area contributed by atoms with Crippen LogP contribution in [0.1, 0.15) is 32.6 Å². The van der Waals surface area contributed by atoms with E-state index in [1.165, 1.54) is 25.5 Å². The fourth-order valence-corrected chi connectivity index (χ4v) is 1.63. The molecule has 1 aromatic carbocycles. The molecule has 0 saturated carbocycles. The molecule has 1 aromatic rings. The van der Waals surface area contributed by atoms with Gasteiger partial charge < -0.3 is 10.1 Å². The van der Waals surface area contributed by atoms with Gasteiger partial charge in [0, 0.05) is 0 Å². The van der Waals surface area contributed by atoms with Crippen LogP contribution in [0.5, 0.6) is 5.75 Å². The molecule has 0 amide bonds. The molecule has 2 nitrogen and oxygen atoms in total. The molecule has 0 radical (unpaired) electrons. The highest BCUT2D eigenvalue weighted by Gasteiger charge is 2.00. The van der Waals surface area contributed by atoms with Crippen molar-refractivity contribution in [3.8, 4) is 5.75 Å². The first-order chi connectivity index (χ1) is 8.34. The molecule has 0 aliphatic heterocycles. The number of unbranched alkanes of at least 4 members (excludes halogenated alkanes) is 2. The van der Waals surface area contributed by atoms with E-state index in [4.69, 9.17) is 4.74 Å². The summed E-state index contributed by atoms with van der Waals surface area (Å²) in [6, 6.07) is 6.55. The summed E-state index contributed by atoms with van der Waals surface area (Å²) in [5, 5.41) is 2.34. The molecule has 0 bridgehead atoms. The molecule has 0 saturated heterocycles. The Bertz CT molecular complexity index is 304. The summed E-state index contributed by atoms with van der Waals surface area (Å²) in [5.41, 5.74) is 0. The fourth-order valence-electron chi connectivity index (χ4n) is 1.63. The number of halogens is 1. The number of nitrogens with two attached hydrogens (primary N) is 1. The van der Waals surface area contributed by atoms with Crippen LogP contribution in [-0.2, 0) is 0 Å². The average Bonchev–Trinajstić information content (AvgIpc) is 2.35. The smallest absolute Gasteiger partial charge is 0.165 e. The van der Waals surface area contributed by atoms with Gasteiger partial charge in [0.15, 0.2) is 11.6 Å². The van der Waals surface area contributed by atoms with Crippen molar-refractivity contribution in [3.05, 3.63) is 30.1 Å². The summed E-state index contributed by atoms with van der Waals surface area (Å²) in [7, 11) is 0. The molecule has 96 valence electrons. The van der Waals surface area contributed by atoms with E-state index in [0.29, 0.717) is 12.4 Å². The zero-order valence-corrected chi connectivity index (χ0v) is 10.6. The van der Waals surface area contributed by atoms with E-state index in [1.54, 1.807) is 18.2 Å². The van der Waals surface area contributed by atoms with Crippen LogP contribution in [0.15, 0.2) is 24.3 Å². The molecule has 17 heavy (non-hydrogen) atoms. The van der Waals surface area contributed by atoms with E-state index in [9.17, 15) is 4.39 Å². The average molecular weight is 240 g/mol. The second-order valence-corrected chi connectivity index (χ2v) is 4.21. The summed E-state index contributed by atoms with van der Waals surface area (Å²) in [6.07, 6.45) is 4.65. The van der Waals surface area contributed by atoms with Crippen LogP contribution in [0.2, 0.25) is 0 Å². The van der Waals surface area contributed by atoms with Gasteiger partial charge in [0.25, 0.3) is 0 Å². The lowest BCUT2D eigenvalue weighted by atomic mass is 10.3. The Labute approximate surface area is 103 Å². The van der Waals surface area contributed by atoms with Gasteiger partial charge in [-0.2, -0.15) is 0 Å². The van der Waals surface area contributed by atoms with Crippen molar-refractivity contribution in [3.63, 3.8) is 0 Å². The molecule has 2 N–H and O–H groups in total. The van der Waals surface area contributed by atoms with E-state index >= 15 is 0 Å². The summed E-state index contributed by atoms with van der Waals surface area (Å²) >= 11 is 0. The largest absolute Gasteiger partial charge is 0.491 e. The zero-order chi connectivity index (χ0) is 12.3. The molecule has 0 aromatic heterocycles. The summed E-state index contributed by atoms with van der Waals surface area (Å²) < 4.78 is 18.5. The van der Waals surface area contributed by atoms with E-state index in [1.807, 2.05) is 0 Å². The number of rotatable bonds is 9. The van der Waals surface area contributed by atoms with E-state index in [0.717, 1.165) is 19.4 Å². The first kappa shape index (κ1) is 14.0. The van der Waals surface area contributed by atoms with Crippen LogP contribution < -0.4 is 10.1 Å². The maximum atomic E-state index is 13.2. The Morgan fingerprint density at radius 2 is 1.88 bits per heavy atom. The monoisotopic (exact) mass is 240 g/mol. The van der Waals surface area contributed by atoms with Gasteiger partial charge in [0.05, 0.1) is 19.7 Å². The lowest BCUT2D eigenvalue weighted by Gasteiger charge is -2.06. The van der Waals surface area contributed by atoms with Gasteiger partial charge in [-0.1, -0.05) is 25.5 Å². The van der Waals surface area contributed by atoms with Gasteiger partial charge >= 0.3 is 0 Å². The molecule has 0 aliphatic carbocycles. The van der Waals surface area contributed by atoms with Crippen molar-refractivity contribution in [2.45, 2.75) is 32.6 Å². The van der Waals surface area contributed by atoms with Gasteiger partial charge in [-0.3, -0.25) is 0 Å². The maximum Gasteiger partial charge on any atom is 0.165 e. The molecule has 1 rings (SSSR count). The third-order valence-corrected chi connectivity index (χ3v) is 2.66. The van der Waals surface area contributed by atoms with Gasteiger partial charge in [-0.25, -0.2) is 4.39 Å². The number of ether oxygens (including phenoxy) is 1. The maximum absolute atomic E-state index is 13.2. The Morgan fingerprint density at radius 1 is 1.12 bits per heavy atom. The molecule has 0 unspecified atom stereocenters. The molecule has 0 fully saturated rings. The molecule has 0 heterocycles. The minimum atomic E-state index is -0.276. The topological polar surface area (TPSA) is 25.8 Å². The lowest BCUT2D eigenvalue weighted by Crippen LogP contribution is -2.84. The minimum absolute atomic E-state index is 0.276. The first-order valence-corrected chi connectivity index (χ1v) is 6.53. The van der Waals surface area contributed by atoms with Gasteiger partial charge in [-0.15, -0.1) is 0 Å². The summed E-state index contributed by atoms with van der Waals surface area (Å²) in [5.74, 6) is 0.0875. The van der Waals surface area contributed by atoms with Crippen LogP contribution in [0.4, 0.5) is 4.39 Å². The van der Waals surface area contributed by atoms with Crippen molar-refractivity contribution in [2.24, 2.45) is 0 Å². The molecular formula is C14H23FNO+. The highest BCUT2D eigenvalue weighted by atomic mass is 19.1. The van der Waals surface area contributed by atoms with E-state index in [-0.39, 0.29) is 5.82 Å². The first-order valence-electron chi connectivity index (χ1n) is 6.53. The van der Waals surface area contributed by atoms with Crippen LogP contribution in [0.3, 0.4) is 0 Å². The standard InChI is InChI=1S/C14H22FNO/c1-2-3-10-16-11-6-7-12-17-14-9-5-4-8-13(14)15/h4-5,8-9,16H,2-3,6-7,10-12H2,1H3/p+1. The van der Waals surface area contributed by atoms with Gasteiger partial charge in [0.1, 0.15) is 0 Å². The quantitative estimate of drug-likeness (QED) is 0.659. The number of para-hydroxylation sites is 1. The molecule has 0 spiro atoms. The molecule has 3 heteroatoms. The summed E-state index contributed by atoms with van der Waals surface area (Å²) in [6.45, 7) is 5.16. The minimum Gasteiger partial charge on any atom is -0.491 e. The fraction of sp³-hybridized carbons (Fsp3) is 0.571. The zero-order valence-electron chi connectivity index (χ0n) is 10.6. The van der Waals surface area contributed by atoms with Crippen LogP contribution in [0, 0.1) is 5.82 Å². The predicted octanol–water partition coefficient (Wildman–Crippen LogP) is 2.35. The number of benzene rings is 1. The number of hydrogen-bond donors (Lipinski definition) is 1. The highest BCUT2D eigenvalue weighted by Crippen LogP contribution is 2.15. The highest BCUT2D eigenvalue weighted by molar-refractivity contribution is 5.23. The van der Waals surface area contributed by atoms with E-state index < -0.39 is 0 Å². The van der Waals surface area contributed by atoms with E-state index in [2.05, 4.69) is 12.2 Å². The molecular weight excluding hydrogens is 217 g/mol. The van der Waals surface area contributed by atoms with Crippen molar-refractivity contribution in [2.75, 3.05) is 19.7 Å². The van der Waals surface area contributed by atoms with Crippen molar-refractivity contribution >= 4 is 0 Å². The molecule has 0 aliphatic rings. The number of quaternary nitrogens is 1. The number of hydrogen-bond acceptors (Lipinski definition) is 1. The Kier molecular flexibility index (Phi) is 7.39. The van der Waals surface area contributed by atoms with Crippen molar-refractivity contribution in [1.82, 2.24) is 0 Å². The normalized spacial score (nSPS) is 10.5.